The highest BCUT2D eigenvalue weighted by atomic mass is 32.2. The van der Waals surface area contributed by atoms with Crippen molar-refractivity contribution in [1.29, 1.82) is 0 Å². The minimum atomic E-state index is -3.59. The molecular weight excluding hydrogens is 344 g/mol. The van der Waals surface area contributed by atoms with Gasteiger partial charge >= 0.3 is 0 Å². The van der Waals surface area contributed by atoms with Crippen LogP contribution in [0.1, 0.15) is 27.3 Å². The number of hydrogen-bond acceptors (Lipinski definition) is 4. The van der Waals surface area contributed by atoms with Crippen LogP contribution in [0.25, 0.3) is 0 Å². The van der Waals surface area contributed by atoms with E-state index in [2.05, 4.69) is 10.0 Å². The van der Waals surface area contributed by atoms with Crippen LogP contribution in [0, 0.1) is 20.8 Å². The molecule has 2 aromatic rings. The zero-order valence-corrected chi connectivity index (χ0v) is 15.7. The summed E-state index contributed by atoms with van der Waals surface area (Å²) in [5.41, 5.74) is 1.96. The van der Waals surface area contributed by atoms with Crippen molar-refractivity contribution in [2.75, 3.05) is 6.54 Å². The molecule has 5 nitrogen and oxygen atoms in total. The average molecular weight is 367 g/mol. The van der Waals surface area contributed by atoms with Gasteiger partial charge in [-0.05, 0) is 56.2 Å². The maximum atomic E-state index is 12.2. The van der Waals surface area contributed by atoms with Crippen LogP contribution >= 0.6 is 11.3 Å². The second kappa shape index (κ2) is 7.92. The van der Waals surface area contributed by atoms with E-state index in [0.29, 0.717) is 6.54 Å². The summed E-state index contributed by atoms with van der Waals surface area (Å²) in [6, 6.07) is 8.97. The number of nitrogens with one attached hydrogen (secondary N) is 2. The van der Waals surface area contributed by atoms with Gasteiger partial charge in [0.05, 0.1) is 11.4 Å². The normalized spacial score (nSPS) is 11.5. The lowest BCUT2D eigenvalue weighted by Crippen LogP contribution is -2.30. The van der Waals surface area contributed by atoms with Crippen molar-refractivity contribution < 1.29 is 13.2 Å². The van der Waals surface area contributed by atoms with Gasteiger partial charge in [-0.15, -0.1) is 11.3 Å². The molecule has 0 fully saturated rings. The number of hydrogen-bond donors (Lipinski definition) is 2. The molecule has 0 saturated heterocycles. The Morgan fingerprint density at radius 2 is 1.83 bits per heavy atom. The van der Waals surface area contributed by atoms with Crippen LogP contribution in [-0.4, -0.2) is 20.9 Å². The summed E-state index contributed by atoms with van der Waals surface area (Å²) in [5, 5.41) is 2.79. The van der Waals surface area contributed by atoms with E-state index in [1.54, 1.807) is 29.5 Å². The third kappa shape index (κ3) is 5.15. The van der Waals surface area contributed by atoms with Crippen molar-refractivity contribution in [1.82, 2.24) is 10.0 Å². The number of carbonyl (C=O) groups is 1. The quantitative estimate of drug-likeness (QED) is 0.791. The molecule has 130 valence electrons. The van der Waals surface area contributed by atoms with Gasteiger partial charge in [-0.25, -0.2) is 13.1 Å². The van der Waals surface area contributed by atoms with Gasteiger partial charge in [0.2, 0.25) is 15.9 Å². The van der Waals surface area contributed by atoms with Crippen LogP contribution < -0.4 is 10.0 Å². The minimum absolute atomic E-state index is 0.0740. The second-order valence-electron chi connectivity index (χ2n) is 5.68. The van der Waals surface area contributed by atoms with E-state index >= 15 is 0 Å². The maximum Gasteiger partial charge on any atom is 0.240 e. The highest BCUT2D eigenvalue weighted by Gasteiger charge is 2.14. The number of amides is 1. The molecule has 2 N–H and O–H groups in total. The largest absolute Gasteiger partial charge is 0.351 e. The lowest BCUT2D eigenvalue weighted by atomic mass is 10.1. The van der Waals surface area contributed by atoms with Crippen molar-refractivity contribution in [3.05, 3.63) is 51.2 Å². The van der Waals surface area contributed by atoms with E-state index < -0.39 is 10.0 Å². The molecule has 0 aliphatic rings. The van der Waals surface area contributed by atoms with E-state index in [1.807, 2.05) is 32.9 Å². The molecule has 7 heteroatoms. The van der Waals surface area contributed by atoms with Crippen LogP contribution in [0.5, 0.6) is 0 Å². The Morgan fingerprint density at radius 1 is 1.08 bits per heavy atom. The van der Waals surface area contributed by atoms with Crippen LogP contribution in [0.3, 0.4) is 0 Å². The van der Waals surface area contributed by atoms with Gasteiger partial charge < -0.3 is 5.32 Å². The fourth-order valence-electron chi connectivity index (χ4n) is 2.12. The van der Waals surface area contributed by atoms with Crippen molar-refractivity contribution in [3.8, 4) is 0 Å². The Hall–Kier alpha value is -1.70. The number of aryl methyl sites for hydroxylation is 3. The highest BCUT2D eigenvalue weighted by molar-refractivity contribution is 7.89. The van der Waals surface area contributed by atoms with Gasteiger partial charge in [-0.1, -0.05) is 6.07 Å². The van der Waals surface area contributed by atoms with Crippen molar-refractivity contribution >= 4 is 27.3 Å². The second-order valence-corrected chi connectivity index (χ2v) is 8.82. The summed E-state index contributed by atoms with van der Waals surface area (Å²) in [5.74, 6) is -0.177. The molecule has 0 atom stereocenters. The molecule has 0 unspecified atom stereocenters. The van der Waals surface area contributed by atoms with E-state index in [1.165, 1.54) is 4.88 Å². The van der Waals surface area contributed by atoms with Crippen LogP contribution in [-0.2, 0) is 21.4 Å². The zero-order chi connectivity index (χ0) is 17.7. The molecule has 1 heterocycles. The van der Waals surface area contributed by atoms with Crippen molar-refractivity contribution in [2.24, 2.45) is 0 Å². The van der Waals surface area contributed by atoms with E-state index in [0.717, 1.165) is 16.0 Å². The van der Waals surface area contributed by atoms with E-state index in [-0.39, 0.29) is 23.8 Å². The lowest BCUT2D eigenvalue weighted by molar-refractivity contribution is -0.121. The Bertz CT molecular complexity index is 826. The zero-order valence-electron chi connectivity index (χ0n) is 14.0. The predicted molar refractivity (Wildman–Crippen MR) is 96.6 cm³/mol. The third-order valence-electron chi connectivity index (χ3n) is 3.69. The van der Waals surface area contributed by atoms with Crippen molar-refractivity contribution in [2.45, 2.75) is 38.6 Å². The Labute approximate surface area is 147 Å². The van der Waals surface area contributed by atoms with Gasteiger partial charge in [-0.2, -0.15) is 0 Å². The lowest BCUT2D eigenvalue weighted by Gasteiger charge is -2.09. The van der Waals surface area contributed by atoms with E-state index in [9.17, 15) is 13.2 Å². The van der Waals surface area contributed by atoms with Crippen molar-refractivity contribution in [3.63, 3.8) is 0 Å². The number of carbonyl (C=O) groups excluding carboxylic acids is 1. The van der Waals surface area contributed by atoms with Gasteiger partial charge in [0.15, 0.2) is 0 Å². The molecule has 1 amide bonds. The maximum absolute atomic E-state index is 12.2. The first-order chi connectivity index (χ1) is 11.3. The van der Waals surface area contributed by atoms with Crippen LogP contribution in [0.4, 0.5) is 0 Å². The predicted octanol–water partition coefficient (Wildman–Crippen LogP) is 2.66. The third-order valence-corrected chi connectivity index (χ3v) is 6.15. The number of thiophene rings is 1. The van der Waals surface area contributed by atoms with Gasteiger partial charge in [0, 0.05) is 22.7 Å². The first-order valence-electron chi connectivity index (χ1n) is 7.67. The smallest absolute Gasteiger partial charge is 0.240 e. The fraction of sp³-hybridized carbons (Fsp3) is 0.353. The summed E-state index contributed by atoms with van der Waals surface area (Å²) in [4.78, 5) is 14.3. The highest BCUT2D eigenvalue weighted by Crippen LogP contribution is 2.15. The summed E-state index contributed by atoms with van der Waals surface area (Å²) in [7, 11) is -3.59. The standard InChI is InChI=1S/C17H22N2O3S2/c1-12-4-7-16(10-13(12)2)24(21,22)19-9-8-17(20)18-11-15-6-5-14(3)23-15/h4-7,10,19H,8-9,11H2,1-3H3,(H,18,20). The molecule has 0 saturated carbocycles. The SMILES string of the molecule is Cc1ccc(CNC(=O)CCNS(=O)(=O)c2ccc(C)c(C)c2)s1. The van der Waals surface area contributed by atoms with Crippen LogP contribution in [0.15, 0.2) is 35.2 Å². The van der Waals surface area contributed by atoms with Gasteiger partial charge in [-0.3, -0.25) is 4.79 Å². The number of rotatable bonds is 7. The molecule has 2 rings (SSSR count). The summed E-state index contributed by atoms with van der Waals surface area (Å²) in [6.07, 6.45) is 0.106. The van der Waals surface area contributed by atoms with Gasteiger partial charge in [0.1, 0.15) is 0 Å². The first-order valence-corrected chi connectivity index (χ1v) is 9.97. The molecule has 0 bridgehead atoms. The molecule has 24 heavy (non-hydrogen) atoms. The molecule has 1 aromatic carbocycles. The van der Waals surface area contributed by atoms with E-state index in [4.69, 9.17) is 0 Å². The topological polar surface area (TPSA) is 75.3 Å². The number of sulfonamides is 1. The molecule has 0 aliphatic carbocycles. The number of benzene rings is 1. The summed E-state index contributed by atoms with van der Waals surface area (Å²) in [6.45, 7) is 6.36. The Kier molecular flexibility index (Phi) is 6.15. The summed E-state index contributed by atoms with van der Waals surface area (Å²) >= 11 is 1.63. The first kappa shape index (κ1) is 18.6. The Morgan fingerprint density at radius 3 is 2.46 bits per heavy atom. The minimum Gasteiger partial charge on any atom is -0.351 e. The molecule has 0 spiro atoms. The van der Waals surface area contributed by atoms with Gasteiger partial charge in [0.25, 0.3) is 0 Å². The molecule has 0 aliphatic heterocycles. The van der Waals surface area contributed by atoms with Crippen LogP contribution in [0.2, 0.25) is 0 Å². The monoisotopic (exact) mass is 366 g/mol. The average Bonchev–Trinajstić information content (AvgIpc) is 2.93. The Balaban J connectivity index is 1.81. The fourth-order valence-corrected chi connectivity index (χ4v) is 4.06. The summed E-state index contributed by atoms with van der Waals surface area (Å²) < 4.78 is 26.9. The molecule has 0 radical (unpaired) electrons. The molecular formula is C17H22N2O3S2. The molecule has 1 aromatic heterocycles.